The van der Waals surface area contributed by atoms with E-state index in [1.807, 2.05) is 51.1 Å². The molecule has 0 radical (unpaired) electrons. The average molecular weight is 437 g/mol. The Kier molecular flexibility index (Phi) is 6.34. The molecule has 3 aromatic rings. The number of benzene rings is 2. The minimum absolute atomic E-state index is 0.0141. The first-order chi connectivity index (χ1) is 14.9. The number of fused-ring (bicyclic) bond motifs is 1. The molecule has 1 fully saturated rings. The first kappa shape index (κ1) is 21.5. The van der Waals surface area contributed by atoms with Crippen molar-refractivity contribution in [3.05, 3.63) is 52.5 Å². The fourth-order valence-corrected chi connectivity index (χ4v) is 4.98. The molecule has 7 heteroatoms. The second-order valence-electron chi connectivity index (χ2n) is 8.38. The van der Waals surface area contributed by atoms with E-state index in [4.69, 9.17) is 0 Å². The highest BCUT2D eigenvalue weighted by atomic mass is 32.1. The van der Waals surface area contributed by atoms with Crippen LogP contribution in [0.1, 0.15) is 29.0 Å². The van der Waals surface area contributed by atoms with Crippen molar-refractivity contribution in [1.82, 2.24) is 9.88 Å². The molecule has 162 valence electrons. The summed E-state index contributed by atoms with van der Waals surface area (Å²) in [7, 11) is 0. The maximum atomic E-state index is 12.7. The topological polar surface area (TPSA) is 74.3 Å². The highest BCUT2D eigenvalue weighted by Crippen LogP contribution is 2.26. The lowest BCUT2D eigenvalue weighted by Crippen LogP contribution is -2.41. The van der Waals surface area contributed by atoms with Crippen molar-refractivity contribution < 1.29 is 9.59 Å². The van der Waals surface area contributed by atoms with Gasteiger partial charge in [0.25, 0.3) is 0 Å². The quantitative estimate of drug-likeness (QED) is 0.617. The number of thiazole rings is 1. The first-order valence-corrected chi connectivity index (χ1v) is 11.5. The molecule has 0 atom stereocenters. The zero-order valence-corrected chi connectivity index (χ0v) is 19.0. The van der Waals surface area contributed by atoms with Gasteiger partial charge in [0, 0.05) is 17.3 Å². The van der Waals surface area contributed by atoms with Crippen LogP contribution in [0.3, 0.4) is 0 Å². The second kappa shape index (κ2) is 9.16. The van der Waals surface area contributed by atoms with Crippen LogP contribution in [0.4, 0.5) is 11.4 Å². The van der Waals surface area contributed by atoms with E-state index in [9.17, 15) is 9.59 Å². The predicted molar refractivity (Wildman–Crippen MR) is 127 cm³/mol. The van der Waals surface area contributed by atoms with Gasteiger partial charge < -0.3 is 10.6 Å². The van der Waals surface area contributed by atoms with Gasteiger partial charge in [-0.05, 0) is 88.2 Å². The Morgan fingerprint density at radius 1 is 1.00 bits per heavy atom. The van der Waals surface area contributed by atoms with Crippen LogP contribution in [-0.2, 0) is 9.59 Å². The number of anilines is 2. The summed E-state index contributed by atoms with van der Waals surface area (Å²) in [6.45, 7) is 7.86. The van der Waals surface area contributed by atoms with Gasteiger partial charge in [-0.25, -0.2) is 4.98 Å². The molecule has 31 heavy (non-hydrogen) atoms. The van der Waals surface area contributed by atoms with E-state index in [1.54, 1.807) is 11.3 Å². The molecule has 1 aliphatic heterocycles. The van der Waals surface area contributed by atoms with E-state index >= 15 is 0 Å². The summed E-state index contributed by atoms with van der Waals surface area (Å²) in [5.41, 5.74) is 4.81. The molecule has 0 saturated carbocycles. The molecule has 1 saturated heterocycles. The van der Waals surface area contributed by atoms with Gasteiger partial charge in [-0.3, -0.25) is 14.5 Å². The van der Waals surface area contributed by atoms with E-state index in [2.05, 4.69) is 26.6 Å². The molecule has 2 heterocycles. The summed E-state index contributed by atoms with van der Waals surface area (Å²) in [5.74, 6) is -0.00278. The van der Waals surface area contributed by atoms with Crippen LogP contribution in [0.25, 0.3) is 10.2 Å². The Morgan fingerprint density at radius 3 is 2.42 bits per heavy atom. The van der Waals surface area contributed by atoms with Gasteiger partial charge in [0.05, 0.1) is 21.8 Å². The highest BCUT2D eigenvalue weighted by Gasteiger charge is 2.26. The number of carbonyl (C=O) groups is 2. The fourth-order valence-electron chi connectivity index (χ4n) is 4.17. The molecule has 1 aliphatic rings. The molecule has 2 N–H and O–H groups in total. The van der Waals surface area contributed by atoms with Gasteiger partial charge in [-0.15, -0.1) is 11.3 Å². The number of nitrogens with one attached hydrogen (secondary N) is 2. The summed E-state index contributed by atoms with van der Waals surface area (Å²) in [5, 5.41) is 7.05. The van der Waals surface area contributed by atoms with Gasteiger partial charge in [0.2, 0.25) is 11.8 Å². The van der Waals surface area contributed by atoms with E-state index in [1.165, 1.54) is 0 Å². The number of hydrogen-bond acceptors (Lipinski definition) is 5. The van der Waals surface area contributed by atoms with Gasteiger partial charge >= 0.3 is 0 Å². The maximum Gasteiger partial charge on any atom is 0.238 e. The molecule has 0 aliphatic carbocycles. The molecule has 1 aromatic heterocycles. The van der Waals surface area contributed by atoms with Crippen LogP contribution in [0.2, 0.25) is 0 Å². The van der Waals surface area contributed by atoms with Crippen molar-refractivity contribution in [2.24, 2.45) is 5.92 Å². The number of carbonyl (C=O) groups excluding carboxylic acids is 2. The van der Waals surface area contributed by atoms with Crippen molar-refractivity contribution in [2.45, 2.75) is 33.6 Å². The lowest BCUT2D eigenvalue weighted by molar-refractivity contribution is -0.121. The van der Waals surface area contributed by atoms with Crippen molar-refractivity contribution >= 4 is 44.7 Å². The number of piperidine rings is 1. The summed E-state index contributed by atoms with van der Waals surface area (Å²) in [6.07, 6.45) is 1.50. The van der Waals surface area contributed by atoms with Gasteiger partial charge in [-0.1, -0.05) is 6.07 Å². The number of aryl methyl sites for hydroxylation is 3. The molecule has 0 unspecified atom stereocenters. The van der Waals surface area contributed by atoms with Gasteiger partial charge in [-0.2, -0.15) is 0 Å². The molecular formula is C24H28N4O2S. The standard InChI is InChI=1S/C24H28N4O2S/c1-15-10-16(2)12-20(11-15)26-23(29)14-28-8-6-18(7-9-28)24(30)27-19-4-5-22-21(13-19)25-17(3)31-22/h4-5,10-13,18H,6-9,14H2,1-3H3,(H,26,29)(H,27,30). The van der Waals surface area contributed by atoms with Crippen LogP contribution in [0, 0.1) is 26.7 Å². The predicted octanol–water partition coefficient (Wildman–Crippen LogP) is 4.51. The van der Waals surface area contributed by atoms with Crippen LogP contribution >= 0.6 is 11.3 Å². The summed E-state index contributed by atoms with van der Waals surface area (Å²) in [6, 6.07) is 11.9. The minimum Gasteiger partial charge on any atom is -0.326 e. The normalized spacial score (nSPS) is 15.2. The van der Waals surface area contributed by atoms with Crippen LogP contribution in [0.15, 0.2) is 36.4 Å². The Bertz CT molecular complexity index is 1100. The fraction of sp³-hybridized carbons (Fsp3) is 0.375. The summed E-state index contributed by atoms with van der Waals surface area (Å²) >= 11 is 1.65. The Hall–Kier alpha value is -2.77. The number of nitrogens with zero attached hydrogens (tertiary/aromatic N) is 2. The van der Waals surface area contributed by atoms with Crippen molar-refractivity contribution in [3.8, 4) is 0 Å². The summed E-state index contributed by atoms with van der Waals surface area (Å²) in [4.78, 5) is 31.8. The molecule has 6 nitrogen and oxygen atoms in total. The molecule has 0 spiro atoms. The Labute approximate surface area is 186 Å². The van der Waals surface area contributed by atoms with Gasteiger partial charge in [0.1, 0.15) is 0 Å². The van der Waals surface area contributed by atoms with Crippen LogP contribution in [0.5, 0.6) is 0 Å². The van der Waals surface area contributed by atoms with E-state index in [-0.39, 0.29) is 17.7 Å². The highest BCUT2D eigenvalue weighted by molar-refractivity contribution is 7.18. The van der Waals surface area contributed by atoms with Crippen molar-refractivity contribution in [1.29, 1.82) is 0 Å². The zero-order chi connectivity index (χ0) is 22.0. The molecule has 0 bridgehead atoms. The third-order valence-electron chi connectivity index (χ3n) is 5.59. The SMILES string of the molecule is Cc1cc(C)cc(NC(=O)CN2CCC(C(=O)Nc3ccc4sc(C)nc4c3)CC2)c1. The number of aromatic nitrogens is 1. The molecule has 2 amide bonds. The Balaban J connectivity index is 1.26. The lowest BCUT2D eigenvalue weighted by atomic mass is 9.95. The number of likely N-dealkylation sites (tertiary alicyclic amines) is 1. The van der Waals surface area contributed by atoms with Crippen molar-refractivity contribution in [2.75, 3.05) is 30.3 Å². The number of rotatable bonds is 5. The van der Waals surface area contributed by atoms with Gasteiger partial charge in [0.15, 0.2) is 0 Å². The minimum atomic E-state index is -0.0356. The third kappa shape index (κ3) is 5.48. The summed E-state index contributed by atoms with van der Waals surface area (Å²) < 4.78 is 1.13. The van der Waals surface area contributed by atoms with Crippen LogP contribution < -0.4 is 10.6 Å². The monoisotopic (exact) mass is 436 g/mol. The number of hydrogen-bond donors (Lipinski definition) is 2. The number of amides is 2. The van der Waals surface area contributed by atoms with Crippen LogP contribution in [-0.4, -0.2) is 41.3 Å². The van der Waals surface area contributed by atoms with E-state index in [0.717, 1.165) is 63.7 Å². The smallest absolute Gasteiger partial charge is 0.238 e. The maximum absolute atomic E-state index is 12.7. The zero-order valence-electron chi connectivity index (χ0n) is 18.2. The third-order valence-corrected chi connectivity index (χ3v) is 6.54. The van der Waals surface area contributed by atoms with E-state index < -0.39 is 0 Å². The van der Waals surface area contributed by atoms with Crippen molar-refractivity contribution in [3.63, 3.8) is 0 Å². The first-order valence-electron chi connectivity index (χ1n) is 10.6. The molecule has 4 rings (SSSR count). The Morgan fingerprint density at radius 2 is 1.71 bits per heavy atom. The molecule has 2 aromatic carbocycles. The average Bonchev–Trinajstić information content (AvgIpc) is 3.07. The second-order valence-corrected chi connectivity index (χ2v) is 9.61. The van der Waals surface area contributed by atoms with E-state index in [0.29, 0.717) is 6.54 Å². The lowest BCUT2D eigenvalue weighted by Gasteiger charge is -2.30. The molecular weight excluding hydrogens is 408 g/mol. The largest absolute Gasteiger partial charge is 0.326 e.